The first-order chi connectivity index (χ1) is 10.5. The summed E-state index contributed by atoms with van der Waals surface area (Å²) < 4.78 is 12.9. The summed E-state index contributed by atoms with van der Waals surface area (Å²) >= 11 is 0. The Hall–Kier alpha value is -1.91. The van der Waals surface area contributed by atoms with Crippen LogP contribution in [0.4, 0.5) is 4.39 Å². The fourth-order valence-electron chi connectivity index (χ4n) is 3.72. The van der Waals surface area contributed by atoms with E-state index in [0.29, 0.717) is 5.56 Å². The molecule has 0 bridgehead atoms. The van der Waals surface area contributed by atoms with Crippen molar-refractivity contribution in [3.63, 3.8) is 0 Å². The third-order valence-corrected chi connectivity index (χ3v) is 5.16. The van der Waals surface area contributed by atoms with Gasteiger partial charge in [0.2, 0.25) is 5.91 Å². The number of carboxylic acids is 1. The van der Waals surface area contributed by atoms with E-state index in [0.717, 1.165) is 19.3 Å². The summed E-state index contributed by atoms with van der Waals surface area (Å²) in [6.07, 6.45) is 5.55. The van der Waals surface area contributed by atoms with Crippen molar-refractivity contribution in [3.05, 3.63) is 35.6 Å². The van der Waals surface area contributed by atoms with E-state index >= 15 is 0 Å². The molecule has 1 aromatic carbocycles. The predicted molar refractivity (Wildman–Crippen MR) is 78.8 cm³/mol. The third kappa shape index (κ3) is 2.85. The molecule has 1 spiro atoms. The van der Waals surface area contributed by atoms with Crippen LogP contribution in [0.3, 0.4) is 0 Å². The average molecular weight is 305 g/mol. The first kappa shape index (κ1) is 15.0. The highest BCUT2D eigenvalue weighted by Crippen LogP contribution is 2.62. The van der Waals surface area contributed by atoms with Gasteiger partial charge < -0.3 is 10.4 Å². The maximum absolute atomic E-state index is 12.9. The lowest BCUT2D eigenvalue weighted by molar-refractivity contribution is -0.138. The SMILES string of the molecule is O=C(O)C(CNC(=O)C1CC12CCCC2)c1ccc(F)cc1. The number of hydrogen-bond donors (Lipinski definition) is 2. The van der Waals surface area contributed by atoms with Gasteiger partial charge in [0.1, 0.15) is 5.82 Å². The molecular weight excluding hydrogens is 285 g/mol. The molecule has 22 heavy (non-hydrogen) atoms. The topological polar surface area (TPSA) is 66.4 Å². The van der Waals surface area contributed by atoms with Crippen molar-refractivity contribution >= 4 is 11.9 Å². The highest BCUT2D eigenvalue weighted by atomic mass is 19.1. The van der Waals surface area contributed by atoms with Gasteiger partial charge in [-0.1, -0.05) is 25.0 Å². The zero-order valence-electron chi connectivity index (χ0n) is 12.3. The highest BCUT2D eigenvalue weighted by Gasteiger charge is 2.58. The van der Waals surface area contributed by atoms with E-state index in [1.165, 1.54) is 37.1 Å². The van der Waals surface area contributed by atoms with Gasteiger partial charge in [-0.2, -0.15) is 0 Å². The lowest BCUT2D eigenvalue weighted by atomic mass is 9.98. The van der Waals surface area contributed by atoms with Gasteiger partial charge in [0.25, 0.3) is 0 Å². The highest BCUT2D eigenvalue weighted by molar-refractivity contribution is 5.84. The minimum absolute atomic E-state index is 0.0322. The van der Waals surface area contributed by atoms with Crippen molar-refractivity contribution in [2.45, 2.75) is 38.0 Å². The molecule has 1 amide bonds. The molecule has 2 fully saturated rings. The second kappa shape index (κ2) is 5.71. The molecule has 2 atom stereocenters. The predicted octanol–water partition coefficient (Wildman–Crippen LogP) is 2.69. The molecular formula is C17H20FNO3. The molecule has 3 rings (SSSR count). The van der Waals surface area contributed by atoms with Gasteiger partial charge in [-0.15, -0.1) is 0 Å². The molecule has 5 heteroatoms. The van der Waals surface area contributed by atoms with E-state index in [9.17, 15) is 19.1 Å². The van der Waals surface area contributed by atoms with Crippen LogP contribution in [0.5, 0.6) is 0 Å². The van der Waals surface area contributed by atoms with Crippen molar-refractivity contribution in [1.29, 1.82) is 0 Å². The molecule has 0 heterocycles. The van der Waals surface area contributed by atoms with Gasteiger partial charge in [-0.05, 0) is 42.4 Å². The lowest BCUT2D eigenvalue weighted by Gasteiger charge is -2.15. The van der Waals surface area contributed by atoms with E-state index < -0.39 is 17.7 Å². The number of rotatable bonds is 5. The molecule has 2 saturated carbocycles. The third-order valence-electron chi connectivity index (χ3n) is 5.16. The summed E-state index contributed by atoms with van der Waals surface area (Å²) in [5, 5.41) is 12.1. The van der Waals surface area contributed by atoms with E-state index in [1.807, 2.05) is 0 Å². The van der Waals surface area contributed by atoms with Crippen LogP contribution in [0.25, 0.3) is 0 Å². The van der Waals surface area contributed by atoms with Crippen LogP contribution in [0.15, 0.2) is 24.3 Å². The Morgan fingerprint density at radius 2 is 1.91 bits per heavy atom. The summed E-state index contributed by atoms with van der Waals surface area (Å²) in [6, 6.07) is 5.38. The zero-order chi connectivity index (χ0) is 15.7. The van der Waals surface area contributed by atoms with E-state index in [1.54, 1.807) is 0 Å². The smallest absolute Gasteiger partial charge is 0.312 e. The summed E-state index contributed by atoms with van der Waals surface area (Å²) in [5.74, 6) is -2.24. The number of halogens is 1. The molecule has 4 nitrogen and oxygen atoms in total. The summed E-state index contributed by atoms with van der Waals surface area (Å²) in [4.78, 5) is 23.6. The van der Waals surface area contributed by atoms with Gasteiger partial charge in [-0.3, -0.25) is 9.59 Å². The number of aliphatic carboxylic acids is 1. The summed E-state index contributed by atoms with van der Waals surface area (Å²) in [5.41, 5.74) is 0.708. The average Bonchev–Trinajstić information content (AvgIpc) is 2.98. The van der Waals surface area contributed by atoms with E-state index in [4.69, 9.17) is 0 Å². The Balaban J connectivity index is 1.59. The normalized spacial score (nSPS) is 23.2. The van der Waals surface area contributed by atoms with Crippen molar-refractivity contribution in [1.82, 2.24) is 5.32 Å². The number of carboxylic acid groups (broad SMARTS) is 1. The van der Waals surface area contributed by atoms with Crippen LogP contribution in [0, 0.1) is 17.2 Å². The number of nitrogens with one attached hydrogen (secondary N) is 1. The molecule has 1 aromatic rings. The molecule has 0 aromatic heterocycles. The van der Waals surface area contributed by atoms with Crippen LogP contribution in [0.1, 0.15) is 43.6 Å². The number of hydrogen-bond acceptors (Lipinski definition) is 2. The Labute approximate surface area is 128 Å². The van der Waals surface area contributed by atoms with Crippen LogP contribution < -0.4 is 5.32 Å². The minimum atomic E-state index is -1.02. The van der Waals surface area contributed by atoms with Gasteiger partial charge in [0.15, 0.2) is 0 Å². The van der Waals surface area contributed by atoms with Crippen molar-refractivity contribution < 1.29 is 19.1 Å². The fraction of sp³-hybridized carbons (Fsp3) is 0.529. The van der Waals surface area contributed by atoms with Gasteiger partial charge >= 0.3 is 5.97 Å². The Morgan fingerprint density at radius 1 is 1.27 bits per heavy atom. The maximum atomic E-state index is 12.9. The van der Waals surface area contributed by atoms with Crippen molar-refractivity contribution in [3.8, 4) is 0 Å². The first-order valence-corrected chi connectivity index (χ1v) is 7.78. The van der Waals surface area contributed by atoms with Gasteiger partial charge in [0.05, 0.1) is 5.92 Å². The summed E-state index contributed by atoms with van der Waals surface area (Å²) in [6.45, 7) is 0.0480. The molecule has 0 aliphatic heterocycles. The number of amides is 1. The monoisotopic (exact) mass is 305 g/mol. The van der Waals surface area contributed by atoms with Crippen LogP contribution in [0.2, 0.25) is 0 Å². The van der Waals surface area contributed by atoms with Crippen LogP contribution in [-0.2, 0) is 9.59 Å². The van der Waals surface area contributed by atoms with E-state index in [2.05, 4.69) is 5.32 Å². The van der Waals surface area contributed by atoms with Crippen molar-refractivity contribution in [2.24, 2.45) is 11.3 Å². The minimum Gasteiger partial charge on any atom is -0.481 e. The molecule has 2 N–H and O–H groups in total. The molecule has 0 saturated heterocycles. The van der Waals surface area contributed by atoms with E-state index in [-0.39, 0.29) is 23.8 Å². The Morgan fingerprint density at radius 3 is 2.50 bits per heavy atom. The molecule has 2 aliphatic carbocycles. The number of carbonyl (C=O) groups excluding carboxylic acids is 1. The Bertz CT molecular complexity index is 578. The first-order valence-electron chi connectivity index (χ1n) is 7.78. The maximum Gasteiger partial charge on any atom is 0.312 e. The molecule has 0 radical (unpaired) electrons. The van der Waals surface area contributed by atoms with Gasteiger partial charge in [-0.25, -0.2) is 4.39 Å². The summed E-state index contributed by atoms with van der Waals surface area (Å²) in [7, 11) is 0. The quantitative estimate of drug-likeness (QED) is 0.879. The molecule has 118 valence electrons. The lowest BCUT2D eigenvalue weighted by Crippen LogP contribution is -2.33. The van der Waals surface area contributed by atoms with Gasteiger partial charge in [0, 0.05) is 12.5 Å². The zero-order valence-corrected chi connectivity index (χ0v) is 12.3. The standard InChI is InChI=1S/C17H20FNO3/c18-12-5-3-11(4-6-12)13(16(21)22)10-19-15(20)14-9-17(14)7-1-2-8-17/h3-6,13-14H,1-2,7-10H2,(H,19,20)(H,21,22). The molecule has 2 aliphatic rings. The van der Waals surface area contributed by atoms with Crippen LogP contribution in [-0.4, -0.2) is 23.5 Å². The van der Waals surface area contributed by atoms with Crippen molar-refractivity contribution in [2.75, 3.05) is 6.54 Å². The fourth-order valence-corrected chi connectivity index (χ4v) is 3.72. The number of benzene rings is 1. The Kier molecular flexibility index (Phi) is 3.89. The molecule has 2 unspecified atom stereocenters. The largest absolute Gasteiger partial charge is 0.481 e. The second-order valence-corrected chi connectivity index (χ2v) is 6.51. The second-order valence-electron chi connectivity index (χ2n) is 6.51. The van der Waals surface area contributed by atoms with Crippen LogP contribution >= 0.6 is 0 Å². The number of carbonyl (C=O) groups is 2.